The van der Waals surface area contributed by atoms with Crippen molar-refractivity contribution >= 4 is 23.4 Å². The fourth-order valence-corrected chi connectivity index (χ4v) is 1.82. The molecule has 0 bridgehead atoms. The second-order valence-corrected chi connectivity index (χ2v) is 5.98. The van der Waals surface area contributed by atoms with Crippen LogP contribution < -0.4 is 15.4 Å². The Bertz CT molecular complexity index is 748. The zero-order valence-corrected chi connectivity index (χ0v) is 20.6. The van der Waals surface area contributed by atoms with E-state index in [-0.39, 0.29) is 25.3 Å². The number of hydrogen-bond donors (Lipinski definition) is 2. The van der Waals surface area contributed by atoms with Crippen LogP contribution in [-0.2, 0) is 20.8 Å². The number of carbonyl (C=O) groups excluding carboxylic acids is 2. The maximum Gasteiger partial charge on any atom is 0.294 e. The minimum atomic E-state index is -0.953. The smallest absolute Gasteiger partial charge is 0.294 e. The summed E-state index contributed by atoms with van der Waals surface area (Å²) in [7, 11) is 3.03. The highest BCUT2D eigenvalue weighted by atomic mass is 35.5. The lowest BCUT2D eigenvalue weighted by molar-refractivity contribution is -0.757. The number of aryl methyl sites for hydroxylation is 1. The zero-order valence-electron chi connectivity index (χ0n) is 19.8. The van der Waals surface area contributed by atoms with Crippen molar-refractivity contribution < 1.29 is 29.2 Å². The van der Waals surface area contributed by atoms with Crippen LogP contribution in [0.5, 0.6) is 5.75 Å². The van der Waals surface area contributed by atoms with E-state index < -0.39 is 21.8 Å². The molecule has 13 heteroatoms. The molecule has 33 heavy (non-hydrogen) atoms. The Labute approximate surface area is 198 Å². The number of nitrogens with one attached hydrogen (secondary N) is 2. The molecule has 1 rings (SSSR count). The summed E-state index contributed by atoms with van der Waals surface area (Å²) in [6.07, 6.45) is 0.707. The molecule has 0 aliphatic heterocycles. The Balaban J connectivity index is -0.000000420. The summed E-state index contributed by atoms with van der Waals surface area (Å²) in [5, 5.41) is 23.4. The van der Waals surface area contributed by atoms with Crippen molar-refractivity contribution in [3.05, 3.63) is 61.3 Å². The molecule has 188 valence electrons. The van der Waals surface area contributed by atoms with E-state index >= 15 is 0 Å². The topological polar surface area (TPSA) is 163 Å². The van der Waals surface area contributed by atoms with Gasteiger partial charge in [0, 0.05) is 20.5 Å². The van der Waals surface area contributed by atoms with E-state index in [1.807, 2.05) is 32.0 Å². The quantitative estimate of drug-likeness (QED) is 0.229. The normalized spacial score (nSPS) is 8.58. The summed E-state index contributed by atoms with van der Waals surface area (Å²) in [6.45, 7) is 10.3. The summed E-state index contributed by atoms with van der Waals surface area (Å²) in [4.78, 5) is 44.0. The monoisotopic (exact) mass is 492 g/mol. The van der Waals surface area contributed by atoms with Crippen molar-refractivity contribution in [1.29, 1.82) is 0 Å². The number of methoxy groups -OCH3 is 1. The van der Waals surface area contributed by atoms with Gasteiger partial charge in [-0.25, -0.2) is 0 Å². The fourth-order valence-electron chi connectivity index (χ4n) is 1.54. The number of ether oxygens (including phenoxy) is 1. The van der Waals surface area contributed by atoms with Crippen molar-refractivity contribution in [1.82, 2.24) is 10.6 Å². The molecule has 0 aromatic heterocycles. The van der Waals surface area contributed by atoms with Crippen LogP contribution in [0.3, 0.4) is 0 Å². The third kappa shape index (κ3) is 21.6. The molecule has 0 aliphatic rings. The van der Waals surface area contributed by atoms with E-state index in [1.165, 1.54) is 19.5 Å². The Morgan fingerprint density at radius 2 is 1.73 bits per heavy atom. The zero-order chi connectivity index (χ0) is 26.4. The van der Waals surface area contributed by atoms with Gasteiger partial charge in [0.1, 0.15) is 18.8 Å². The van der Waals surface area contributed by atoms with Gasteiger partial charge in [0.2, 0.25) is 17.5 Å². The number of carbonyl (C=O) groups is 2. The maximum absolute atomic E-state index is 10.9. The fraction of sp³-hybridized carbons (Fsp3) is 0.500. The van der Waals surface area contributed by atoms with Crippen LogP contribution in [0.15, 0.2) is 30.5 Å². The maximum atomic E-state index is 10.9. The highest BCUT2D eigenvalue weighted by Crippen LogP contribution is 2.24. The Morgan fingerprint density at radius 3 is 2.09 bits per heavy atom. The van der Waals surface area contributed by atoms with Crippen molar-refractivity contribution in [2.24, 2.45) is 0 Å². The molecule has 0 atom stereocenters. The number of nitro groups is 1. The van der Waals surface area contributed by atoms with Gasteiger partial charge in [0.25, 0.3) is 5.09 Å². The molecule has 12 nitrogen and oxygen atoms in total. The summed E-state index contributed by atoms with van der Waals surface area (Å²) >= 11 is 5.88. The van der Waals surface area contributed by atoms with Crippen LogP contribution in [0.25, 0.3) is 0 Å². The molecule has 2 amide bonds. The molecule has 0 saturated carbocycles. The Kier molecular flexibility index (Phi) is 22.6. The Morgan fingerprint density at radius 1 is 1.18 bits per heavy atom. The van der Waals surface area contributed by atoms with E-state index in [0.29, 0.717) is 5.02 Å². The number of nitrogens with zero attached hydrogens (tertiary/aromatic N) is 2. The number of amides is 2. The first-order valence-corrected chi connectivity index (χ1v) is 10.2. The van der Waals surface area contributed by atoms with Crippen molar-refractivity contribution in [2.75, 3.05) is 27.3 Å². The number of halogens is 1. The second kappa shape index (κ2) is 21.8. The number of rotatable bonds is 9. The van der Waals surface area contributed by atoms with Gasteiger partial charge >= 0.3 is 0 Å². The molecule has 0 saturated heterocycles. The molecule has 1 aromatic rings. The van der Waals surface area contributed by atoms with Crippen LogP contribution in [0.2, 0.25) is 5.02 Å². The Hall–Kier alpha value is -3.41. The molecule has 2 N–H and O–H groups in total. The van der Waals surface area contributed by atoms with Gasteiger partial charge in [-0.1, -0.05) is 38.4 Å². The largest absolute Gasteiger partial charge is 0.495 e. The lowest BCUT2D eigenvalue weighted by Crippen LogP contribution is -2.32. The number of hydrogen-bond acceptors (Lipinski definition) is 8. The first kappa shape index (κ1) is 34.2. The van der Waals surface area contributed by atoms with Crippen molar-refractivity contribution in [2.45, 2.75) is 40.5 Å². The lowest BCUT2D eigenvalue weighted by atomic mass is 10.2. The predicted molar refractivity (Wildman–Crippen MR) is 125 cm³/mol. The van der Waals surface area contributed by atoms with Crippen molar-refractivity contribution in [3.8, 4) is 5.75 Å². The molecule has 0 unspecified atom stereocenters. The molecule has 0 aliphatic carbocycles. The minimum Gasteiger partial charge on any atom is -0.495 e. The van der Waals surface area contributed by atoms with Gasteiger partial charge in [0.15, 0.2) is 0 Å². The summed E-state index contributed by atoms with van der Waals surface area (Å²) < 4.78 is 5.01. The van der Waals surface area contributed by atoms with Crippen LogP contribution in [-0.4, -0.2) is 49.1 Å². The van der Waals surface area contributed by atoms with Gasteiger partial charge in [-0.15, -0.1) is 10.1 Å². The standard InChI is InChI=1S/C9H11ClO.C6H11N3O5.C3H5NO2.C2H6/c1-3-7-4-5-9(11-2)8(10)6-7;1-7-5(10)4-6(11)8-2-3-14-9(12)13;1-3(2)4(5)6;1-2/h4-6H,3H2,1-2H3;2-4H2,1H3,(H,7,10)(H,8,11);1H2,2H3;1-2H3. The molecule has 1 aromatic carbocycles. The number of allylic oxidation sites excluding steroid dienone is 1. The van der Waals surface area contributed by atoms with E-state index in [2.05, 4.69) is 29.0 Å². The van der Waals surface area contributed by atoms with Crippen molar-refractivity contribution in [3.63, 3.8) is 0 Å². The van der Waals surface area contributed by atoms with Crippen LogP contribution in [0, 0.1) is 20.2 Å². The molecule has 0 radical (unpaired) electrons. The van der Waals surface area contributed by atoms with Gasteiger partial charge in [-0.05, 0) is 30.7 Å². The minimum absolute atomic E-state index is 0.00317. The van der Waals surface area contributed by atoms with E-state index in [1.54, 1.807) is 7.11 Å². The molecule has 0 fully saturated rings. The van der Waals surface area contributed by atoms with Gasteiger partial charge in [0.05, 0.1) is 17.1 Å². The van der Waals surface area contributed by atoms with Crippen LogP contribution in [0.1, 0.15) is 39.7 Å². The summed E-state index contributed by atoms with van der Waals surface area (Å²) in [6, 6.07) is 5.84. The second-order valence-electron chi connectivity index (χ2n) is 5.57. The summed E-state index contributed by atoms with van der Waals surface area (Å²) in [5.41, 5.74) is 1.21. The SMILES string of the molecule is C=C(C)[N+](=O)[O-].CC.CCc1ccc(OC)c(Cl)c1.CNC(=O)CC(=O)NCCO[N+](=O)[O-]. The summed E-state index contributed by atoms with van der Waals surface area (Å²) in [5.74, 6) is -0.183. The third-order valence-corrected chi connectivity index (χ3v) is 3.45. The first-order chi connectivity index (χ1) is 15.5. The molecular formula is C20H33ClN4O8. The highest BCUT2D eigenvalue weighted by molar-refractivity contribution is 6.32. The van der Waals surface area contributed by atoms with Crippen LogP contribution >= 0.6 is 11.6 Å². The predicted octanol–water partition coefficient (Wildman–Crippen LogP) is 3.18. The molecule has 0 spiro atoms. The van der Waals surface area contributed by atoms with E-state index in [0.717, 1.165) is 12.2 Å². The molecule has 0 heterocycles. The number of benzene rings is 1. The van der Waals surface area contributed by atoms with Gasteiger partial charge in [-0.2, -0.15) is 0 Å². The van der Waals surface area contributed by atoms with Gasteiger partial charge in [-0.3, -0.25) is 19.7 Å². The van der Waals surface area contributed by atoms with E-state index in [9.17, 15) is 29.8 Å². The van der Waals surface area contributed by atoms with Gasteiger partial charge < -0.3 is 20.2 Å². The third-order valence-electron chi connectivity index (χ3n) is 3.16. The lowest BCUT2D eigenvalue weighted by Gasteiger charge is -2.03. The van der Waals surface area contributed by atoms with Crippen LogP contribution in [0.4, 0.5) is 0 Å². The van der Waals surface area contributed by atoms with E-state index in [4.69, 9.17) is 16.3 Å². The first-order valence-electron chi connectivity index (χ1n) is 9.85. The highest BCUT2D eigenvalue weighted by Gasteiger charge is 2.06. The average molecular weight is 493 g/mol. The molecular weight excluding hydrogens is 460 g/mol. The average Bonchev–Trinajstić information content (AvgIpc) is 2.78.